The van der Waals surface area contributed by atoms with Gasteiger partial charge in [-0.3, -0.25) is 14.6 Å². The van der Waals surface area contributed by atoms with Gasteiger partial charge in [0.05, 0.1) is 20.7 Å². The SMILES string of the molecule is CCc1sc2cc(Oc3ccnc4cc(C(=O)N5CCC5)sc34)ccc2c1C(=O)NC. The van der Waals surface area contributed by atoms with Gasteiger partial charge in [0.25, 0.3) is 11.8 Å². The maximum absolute atomic E-state index is 12.6. The molecule has 0 bridgehead atoms. The van der Waals surface area contributed by atoms with Crippen LogP contribution in [0.3, 0.4) is 0 Å². The van der Waals surface area contributed by atoms with Gasteiger partial charge >= 0.3 is 0 Å². The molecular weight excluding hydrogens is 430 g/mol. The summed E-state index contributed by atoms with van der Waals surface area (Å²) < 4.78 is 8.09. The molecule has 5 rings (SSSR count). The lowest BCUT2D eigenvalue weighted by atomic mass is 10.1. The summed E-state index contributed by atoms with van der Waals surface area (Å²) in [6.45, 7) is 3.70. The Labute approximate surface area is 187 Å². The van der Waals surface area contributed by atoms with Crippen LogP contribution in [0.2, 0.25) is 0 Å². The van der Waals surface area contributed by atoms with Crippen LogP contribution in [0.4, 0.5) is 0 Å². The summed E-state index contributed by atoms with van der Waals surface area (Å²) in [5.41, 5.74) is 1.51. The first-order chi connectivity index (χ1) is 15.1. The first-order valence-electron chi connectivity index (χ1n) is 10.2. The van der Waals surface area contributed by atoms with Gasteiger partial charge in [-0.25, -0.2) is 0 Å². The second kappa shape index (κ2) is 7.94. The Hall–Kier alpha value is -2.97. The van der Waals surface area contributed by atoms with Gasteiger partial charge in [-0.2, -0.15) is 0 Å². The molecule has 1 fully saturated rings. The van der Waals surface area contributed by atoms with Gasteiger partial charge in [-0.05, 0) is 37.1 Å². The van der Waals surface area contributed by atoms with Crippen molar-refractivity contribution in [1.29, 1.82) is 0 Å². The highest BCUT2D eigenvalue weighted by Gasteiger charge is 2.24. The number of hydrogen-bond donors (Lipinski definition) is 1. The molecule has 31 heavy (non-hydrogen) atoms. The van der Waals surface area contributed by atoms with Gasteiger partial charge in [0.1, 0.15) is 11.5 Å². The molecule has 3 aromatic heterocycles. The number of benzene rings is 1. The van der Waals surface area contributed by atoms with Crippen LogP contribution in [-0.4, -0.2) is 41.8 Å². The van der Waals surface area contributed by atoms with Gasteiger partial charge in [0.2, 0.25) is 0 Å². The molecule has 1 aliphatic rings. The number of carbonyl (C=O) groups excluding carboxylic acids is 2. The summed E-state index contributed by atoms with van der Waals surface area (Å²) in [5.74, 6) is 1.37. The summed E-state index contributed by atoms with van der Waals surface area (Å²) in [4.78, 5) is 33.0. The molecule has 6 nitrogen and oxygen atoms in total. The molecule has 0 spiro atoms. The van der Waals surface area contributed by atoms with Crippen LogP contribution in [0, 0.1) is 0 Å². The number of pyridine rings is 1. The van der Waals surface area contributed by atoms with Gasteiger partial charge in [0, 0.05) is 47.4 Å². The lowest BCUT2D eigenvalue weighted by molar-refractivity contribution is 0.0657. The summed E-state index contributed by atoms with van der Waals surface area (Å²) in [6, 6.07) is 9.46. The topological polar surface area (TPSA) is 71.5 Å². The van der Waals surface area contributed by atoms with E-state index >= 15 is 0 Å². The average molecular weight is 452 g/mol. The zero-order chi connectivity index (χ0) is 21.5. The van der Waals surface area contributed by atoms with E-state index in [1.807, 2.05) is 35.2 Å². The standard InChI is InChI=1S/C23H21N3O3S2/c1-3-17-20(22(27)24-2)14-6-5-13(11-18(14)30-17)29-16-7-8-25-15-12-19(31-21(15)16)23(28)26-9-4-10-26/h5-8,11-12H,3-4,9-10H2,1-2H3,(H,24,27). The Balaban J connectivity index is 1.50. The molecular formula is C23H21N3O3S2. The predicted molar refractivity (Wildman–Crippen MR) is 125 cm³/mol. The van der Waals surface area contributed by atoms with Crippen molar-refractivity contribution in [2.75, 3.05) is 20.1 Å². The monoisotopic (exact) mass is 451 g/mol. The fourth-order valence-corrected chi connectivity index (χ4v) is 5.92. The van der Waals surface area contributed by atoms with E-state index in [-0.39, 0.29) is 11.8 Å². The Morgan fingerprint density at radius 3 is 2.74 bits per heavy atom. The summed E-state index contributed by atoms with van der Waals surface area (Å²) in [5, 5.41) is 3.67. The van der Waals surface area contributed by atoms with Gasteiger partial charge in [-0.15, -0.1) is 22.7 Å². The molecule has 158 valence electrons. The fourth-order valence-electron chi connectivity index (χ4n) is 3.72. The Kier molecular flexibility index (Phi) is 5.11. The number of nitrogens with one attached hydrogen (secondary N) is 1. The Bertz CT molecular complexity index is 1320. The molecule has 0 unspecified atom stereocenters. The van der Waals surface area contributed by atoms with Crippen LogP contribution >= 0.6 is 22.7 Å². The molecule has 0 atom stereocenters. The first-order valence-corrected chi connectivity index (χ1v) is 11.9. The van der Waals surface area contributed by atoms with Gasteiger partial charge in [-0.1, -0.05) is 6.92 Å². The molecule has 2 amide bonds. The van der Waals surface area contributed by atoms with Crippen molar-refractivity contribution in [2.45, 2.75) is 19.8 Å². The van der Waals surface area contributed by atoms with Gasteiger partial charge in [0.15, 0.2) is 0 Å². The number of likely N-dealkylation sites (tertiary alicyclic amines) is 1. The van der Waals surface area contributed by atoms with Crippen LogP contribution in [-0.2, 0) is 6.42 Å². The number of aryl methyl sites for hydroxylation is 1. The minimum absolute atomic E-state index is 0.0639. The number of carbonyl (C=O) groups is 2. The lowest BCUT2D eigenvalue weighted by Gasteiger charge is -2.30. The van der Waals surface area contributed by atoms with Crippen molar-refractivity contribution in [3.05, 3.63) is 51.8 Å². The highest BCUT2D eigenvalue weighted by atomic mass is 32.1. The molecule has 4 heterocycles. The van der Waals surface area contributed by atoms with Crippen molar-refractivity contribution < 1.29 is 14.3 Å². The Morgan fingerprint density at radius 1 is 1.19 bits per heavy atom. The third-order valence-corrected chi connectivity index (χ3v) is 7.89. The largest absolute Gasteiger partial charge is 0.456 e. The van der Waals surface area contributed by atoms with Gasteiger partial charge < -0.3 is 15.0 Å². The zero-order valence-electron chi connectivity index (χ0n) is 17.2. The van der Waals surface area contributed by atoms with E-state index in [4.69, 9.17) is 4.74 Å². The minimum atomic E-state index is -0.0643. The molecule has 4 aromatic rings. The number of ether oxygens (including phenoxy) is 1. The number of fused-ring (bicyclic) bond motifs is 2. The van der Waals surface area contributed by atoms with E-state index in [0.717, 1.165) is 56.7 Å². The maximum atomic E-state index is 12.6. The Morgan fingerprint density at radius 2 is 2.03 bits per heavy atom. The number of aromatic nitrogens is 1. The van der Waals surface area contributed by atoms with Crippen molar-refractivity contribution in [3.63, 3.8) is 0 Å². The molecule has 1 N–H and O–H groups in total. The predicted octanol–water partition coefficient (Wildman–Crippen LogP) is 5.07. The smallest absolute Gasteiger partial charge is 0.264 e. The number of nitrogens with zero attached hydrogens (tertiary/aromatic N) is 2. The number of thiophene rings is 2. The van der Waals surface area contributed by atoms with Crippen LogP contribution in [0.15, 0.2) is 36.5 Å². The third kappa shape index (κ3) is 3.45. The molecule has 0 aliphatic carbocycles. The van der Waals surface area contributed by atoms with Crippen molar-refractivity contribution in [3.8, 4) is 11.5 Å². The highest BCUT2D eigenvalue weighted by molar-refractivity contribution is 7.21. The third-order valence-electron chi connectivity index (χ3n) is 5.47. The highest BCUT2D eigenvalue weighted by Crippen LogP contribution is 2.38. The van der Waals surface area contributed by atoms with Crippen LogP contribution < -0.4 is 10.1 Å². The van der Waals surface area contributed by atoms with E-state index in [2.05, 4.69) is 17.2 Å². The summed E-state index contributed by atoms with van der Waals surface area (Å²) in [7, 11) is 1.65. The van der Waals surface area contributed by atoms with E-state index in [9.17, 15) is 9.59 Å². The fraction of sp³-hybridized carbons (Fsp3) is 0.261. The van der Waals surface area contributed by atoms with Crippen LogP contribution in [0.5, 0.6) is 11.5 Å². The zero-order valence-corrected chi connectivity index (χ0v) is 18.9. The van der Waals surface area contributed by atoms with Crippen LogP contribution in [0.25, 0.3) is 20.3 Å². The second-order valence-electron chi connectivity index (χ2n) is 7.37. The van der Waals surface area contributed by atoms with Crippen LogP contribution in [0.1, 0.15) is 38.3 Å². The maximum Gasteiger partial charge on any atom is 0.264 e. The molecule has 1 saturated heterocycles. The normalized spacial score (nSPS) is 13.4. The summed E-state index contributed by atoms with van der Waals surface area (Å²) >= 11 is 3.04. The molecule has 0 saturated carbocycles. The lowest BCUT2D eigenvalue weighted by Crippen LogP contribution is -2.41. The van der Waals surface area contributed by atoms with E-state index in [0.29, 0.717) is 16.4 Å². The number of amides is 2. The molecule has 0 radical (unpaired) electrons. The van der Waals surface area contributed by atoms with Crippen molar-refractivity contribution in [1.82, 2.24) is 15.2 Å². The van der Waals surface area contributed by atoms with E-state index in [1.54, 1.807) is 24.6 Å². The van der Waals surface area contributed by atoms with E-state index < -0.39 is 0 Å². The molecule has 1 aromatic carbocycles. The quantitative estimate of drug-likeness (QED) is 0.460. The number of rotatable bonds is 5. The number of hydrogen-bond acceptors (Lipinski definition) is 6. The average Bonchev–Trinajstić information content (AvgIpc) is 3.33. The van der Waals surface area contributed by atoms with Crippen molar-refractivity contribution in [2.24, 2.45) is 0 Å². The second-order valence-corrected chi connectivity index (χ2v) is 9.56. The summed E-state index contributed by atoms with van der Waals surface area (Å²) in [6.07, 6.45) is 3.56. The minimum Gasteiger partial charge on any atom is -0.456 e. The first kappa shape index (κ1) is 20.0. The van der Waals surface area contributed by atoms with Crippen molar-refractivity contribution >= 4 is 54.8 Å². The molecule has 8 heteroatoms. The van der Waals surface area contributed by atoms with E-state index in [1.165, 1.54) is 11.3 Å². The molecule has 1 aliphatic heterocycles.